The molecular formula is C18H26N2O. The standard InChI is InChI=1S/C18H26N2O/c1-17(9-11-19-12-10-17)14-20-16(21)18(7-8-18)13-15-5-3-2-4-6-15/h2-6,19H,7-14H2,1H3,(H,20,21). The molecule has 21 heavy (non-hydrogen) atoms. The highest BCUT2D eigenvalue weighted by Gasteiger charge is 2.49. The molecule has 2 N–H and O–H groups in total. The summed E-state index contributed by atoms with van der Waals surface area (Å²) < 4.78 is 0. The van der Waals surface area contributed by atoms with Crippen molar-refractivity contribution in [2.24, 2.45) is 10.8 Å². The summed E-state index contributed by atoms with van der Waals surface area (Å²) in [4.78, 5) is 12.6. The SMILES string of the molecule is CC1(CNC(=O)C2(Cc3ccccc3)CC2)CCNCC1. The molecule has 0 bridgehead atoms. The quantitative estimate of drug-likeness (QED) is 0.873. The van der Waals surface area contributed by atoms with E-state index in [2.05, 4.69) is 41.8 Å². The van der Waals surface area contributed by atoms with Crippen LogP contribution in [0.4, 0.5) is 0 Å². The molecular weight excluding hydrogens is 260 g/mol. The zero-order chi connectivity index (χ0) is 14.8. The maximum atomic E-state index is 12.6. The number of nitrogens with one attached hydrogen (secondary N) is 2. The van der Waals surface area contributed by atoms with E-state index in [9.17, 15) is 4.79 Å². The largest absolute Gasteiger partial charge is 0.355 e. The van der Waals surface area contributed by atoms with Crippen molar-refractivity contribution >= 4 is 5.91 Å². The predicted molar refractivity (Wildman–Crippen MR) is 85.0 cm³/mol. The third-order valence-electron chi connectivity index (χ3n) is 5.21. The number of amides is 1. The number of hydrogen-bond acceptors (Lipinski definition) is 2. The predicted octanol–water partition coefficient (Wildman–Crippen LogP) is 2.52. The van der Waals surface area contributed by atoms with Gasteiger partial charge in [0.2, 0.25) is 5.91 Å². The summed E-state index contributed by atoms with van der Waals surface area (Å²) in [5.74, 6) is 0.270. The van der Waals surface area contributed by atoms with Crippen molar-refractivity contribution in [2.75, 3.05) is 19.6 Å². The molecule has 1 aliphatic carbocycles. The molecule has 3 nitrogen and oxygen atoms in total. The van der Waals surface area contributed by atoms with E-state index in [-0.39, 0.29) is 16.7 Å². The van der Waals surface area contributed by atoms with Crippen LogP contribution < -0.4 is 10.6 Å². The van der Waals surface area contributed by atoms with Crippen LogP contribution in [-0.4, -0.2) is 25.5 Å². The second-order valence-corrected chi connectivity index (χ2v) is 7.19. The van der Waals surface area contributed by atoms with Gasteiger partial charge in [0.1, 0.15) is 0 Å². The highest BCUT2D eigenvalue weighted by atomic mass is 16.2. The maximum absolute atomic E-state index is 12.6. The molecule has 0 radical (unpaired) electrons. The Morgan fingerprint density at radius 3 is 2.43 bits per heavy atom. The van der Waals surface area contributed by atoms with Crippen molar-refractivity contribution in [3.8, 4) is 0 Å². The van der Waals surface area contributed by atoms with Crippen molar-refractivity contribution in [3.63, 3.8) is 0 Å². The van der Waals surface area contributed by atoms with Crippen LogP contribution >= 0.6 is 0 Å². The lowest BCUT2D eigenvalue weighted by molar-refractivity contribution is -0.126. The van der Waals surface area contributed by atoms with Gasteiger partial charge in [-0.2, -0.15) is 0 Å². The lowest BCUT2D eigenvalue weighted by atomic mass is 9.81. The fraction of sp³-hybridized carbons (Fsp3) is 0.611. The van der Waals surface area contributed by atoms with Crippen LogP contribution in [0.5, 0.6) is 0 Å². The summed E-state index contributed by atoms with van der Waals surface area (Å²) in [5.41, 5.74) is 1.42. The second kappa shape index (κ2) is 5.80. The van der Waals surface area contributed by atoms with Gasteiger partial charge in [0.15, 0.2) is 0 Å². The normalized spacial score (nSPS) is 22.5. The van der Waals surface area contributed by atoms with Crippen LogP contribution in [0.15, 0.2) is 30.3 Å². The van der Waals surface area contributed by atoms with Crippen LogP contribution in [0.1, 0.15) is 38.2 Å². The molecule has 1 aliphatic heterocycles. The molecule has 1 aromatic carbocycles. The Morgan fingerprint density at radius 2 is 1.81 bits per heavy atom. The molecule has 3 heteroatoms. The van der Waals surface area contributed by atoms with Gasteiger partial charge in [0.25, 0.3) is 0 Å². The Bertz CT molecular complexity index is 487. The molecule has 0 unspecified atom stereocenters. The number of hydrogen-bond donors (Lipinski definition) is 2. The minimum absolute atomic E-state index is 0.120. The molecule has 0 spiro atoms. The molecule has 2 fully saturated rings. The molecule has 0 aromatic heterocycles. The summed E-state index contributed by atoms with van der Waals surface area (Å²) in [5, 5.41) is 6.64. The number of carbonyl (C=O) groups excluding carboxylic acids is 1. The average molecular weight is 286 g/mol. The first-order valence-electron chi connectivity index (χ1n) is 8.15. The summed E-state index contributed by atoms with van der Waals surface area (Å²) in [7, 11) is 0. The zero-order valence-corrected chi connectivity index (χ0v) is 13.0. The Morgan fingerprint density at radius 1 is 1.14 bits per heavy atom. The van der Waals surface area contributed by atoms with Gasteiger partial charge in [-0.25, -0.2) is 0 Å². The molecule has 1 saturated heterocycles. The van der Waals surface area contributed by atoms with Gasteiger partial charge >= 0.3 is 0 Å². The van der Waals surface area contributed by atoms with Gasteiger partial charge in [-0.15, -0.1) is 0 Å². The minimum Gasteiger partial charge on any atom is -0.355 e. The first kappa shape index (κ1) is 14.6. The van der Waals surface area contributed by atoms with Crippen molar-refractivity contribution in [1.82, 2.24) is 10.6 Å². The lowest BCUT2D eigenvalue weighted by Gasteiger charge is -2.34. The topological polar surface area (TPSA) is 41.1 Å². The van der Waals surface area contributed by atoms with Crippen molar-refractivity contribution in [1.29, 1.82) is 0 Å². The van der Waals surface area contributed by atoms with Crippen LogP contribution in [0.25, 0.3) is 0 Å². The smallest absolute Gasteiger partial charge is 0.226 e. The van der Waals surface area contributed by atoms with Gasteiger partial charge < -0.3 is 10.6 Å². The first-order chi connectivity index (χ1) is 10.1. The van der Waals surface area contributed by atoms with E-state index in [1.807, 2.05) is 6.07 Å². The van der Waals surface area contributed by atoms with E-state index in [4.69, 9.17) is 0 Å². The minimum atomic E-state index is -0.120. The zero-order valence-electron chi connectivity index (χ0n) is 13.0. The Balaban J connectivity index is 1.55. The maximum Gasteiger partial charge on any atom is 0.226 e. The molecule has 1 aromatic rings. The Labute approximate surface area is 127 Å². The third kappa shape index (κ3) is 3.46. The molecule has 3 rings (SSSR count). The fourth-order valence-corrected chi connectivity index (χ4v) is 3.31. The van der Waals surface area contributed by atoms with Crippen molar-refractivity contribution in [3.05, 3.63) is 35.9 Å². The monoisotopic (exact) mass is 286 g/mol. The van der Waals surface area contributed by atoms with Gasteiger partial charge in [-0.05, 0) is 56.2 Å². The van der Waals surface area contributed by atoms with Crippen LogP contribution in [0.2, 0.25) is 0 Å². The summed E-state index contributed by atoms with van der Waals surface area (Å²) in [6, 6.07) is 10.4. The lowest BCUT2D eigenvalue weighted by Crippen LogP contribution is -2.45. The Kier molecular flexibility index (Phi) is 4.03. The summed E-state index contributed by atoms with van der Waals surface area (Å²) in [6.07, 6.45) is 5.26. The Hall–Kier alpha value is -1.35. The molecule has 2 aliphatic rings. The van der Waals surface area contributed by atoms with E-state index in [1.54, 1.807) is 0 Å². The summed E-state index contributed by atoms with van der Waals surface area (Å²) >= 11 is 0. The van der Waals surface area contributed by atoms with Crippen molar-refractivity contribution in [2.45, 2.75) is 39.0 Å². The van der Waals surface area contributed by atoms with E-state index in [0.717, 1.165) is 51.7 Å². The van der Waals surface area contributed by atoms with Gasteiger partial charge in [-0.3, -0.25) is 4.79 Å². The van der Waals surface area contributed by atoms with E-state index in [0.29, 0.717) is 0 Å². The molecule has 1 heterocycles. The van der Waals surface area contributed by atoms with Gasteiger partial charge in [0.05, 0.1) is 5.41 Å². The number of benzene rings is 1. The van der Waals surface area contributed by atoms with Gasteiger partial charge in [-0.1, -0.05) is 37.3 Å². The first-order valence-corrected chi connectivity index (χ1v) is 8.15. The second-order valence-electron chi connectivity index (χ2n) is 7.19. The highest BCUT2D eigenvalue weighted by Crippen LogP contribution is 2.48. The van der Waals surface area contributed by atoms with Gasteiger partial charge in [0, 0.05) is 6.54 Å². The highest BCUT2D eigenvalue weighted by molar-refractivity contribution is 5.85. The molecule has 114 valence electrons. The fourth-order valence-electron chi connectivity index (χ4n) is 3.31. The number of rotatable bonds is 5. The van der Waals surface area contributed by atoms with Crippen molar-refractivity contribution < 1.29 is 4.79 Å². The average Bonchev–Trinajstić information content (AvgIpc) is 3.27. The van der Waals surface area contributed by atoms with Crippen LogP contribution in [-0.2, 0) is 11.2 Å². The van der Waals surface area contributed by atoms with E-state index in [1.165, 1.54) is 5.56 Å². The van der Waals surface area contributed by atoms with Crippen LogP contribution in [0.3, 0.4) is 0 Å². The molecule has 1 saturated carbocycles. The molecule has 1 amide bonds. The van der Waals surface area contributed by atoms with E-state index >= 15 is 0 Å². The van der Waals surface area contributed by atoms with E-state index < -0.39 is 0 Å². The van der Waals surface area contributed by atoms with Crippen LogP contribution in [0, 0.1) is 10.8 Å². The number of piperidine rings is 1. The molecule has 0 atom stereocenters. The summed E-state index contributed by atoms with van der Waals surface area (Å²) in [6.45, 7) is 5.26. The third-order valence-corrected chi connectivity index (χ3v) is 5.21. The number of carbonyl (C=O) groups is 1.